The topological polar surface area (TPSA) is 38.3 Å². The van der Waals surface area contributed by atoms with Crippen molar-refractivity contribution < 1.29 is 22.7 Å². The van der Waals surface area contributed by atoms with Gasteiger partial charge in [-0.05, 0) is 48.6 Å². The monoisotopic (exact) mass is 437 g/mol. The second-order valence-corrected chi connectivity index (χ2v) is 7.37. The van der Waals surface area contributed by atoms with E-state index >= 15 is 0 Å². The summed E-state index contributed by atoms with van der Waals surface area (Å²) >= 11 is 12.9. The van der Waals surface area contributed by atoms with E-state index in [1.807, 2.05) is 0 Å². The number of carbonyl (C=O) groups excluding carboxylic acids is 1. The molecule has 0 aliphatic rings. The number of amides is 1. The summed E-state index contributed by atoms with van der Waals surface area (Å²) in [5.74, 6) is 0.789. The van der Waals surface area contributed by atoms with Gasteiger partial charge in [-0.15, -0.1) is 0 Å². The van der Waals surface area contributed by atoms with E-state index in [9.17, 15) is 18.0 Å². The van der Waals surface area contributed by atoms with Gasteiger partial charge in [0.2, 0.25) is 5.91 Å². The molecule has 0 aromatic heterocycles. The Kier molecular flexibility index (Phi) is 8.13. The summed E-state index contributed by atoms with van der Waals surface area (Å²) in [6, 6.07) is 10.3. The van der Waals surface area contributed by atoms with Crippen LogP contribution in [0, 0.1) is 0 Å². The first-order chi connectivity index (χ1) is 12.8. The van der Waals surface area contributed by atoms with Crippen LogP contribution in [0.15, 0.2) is 42.5 Å². The Morgan fingerprint density at radius 2 is 1.81 bits per heavy atom. The largest absolute Gasteiger partial charge is 0.494 e. The molecule has 3 nitrogen and oxygen atoms in total. The molecule has 0 bridgehead atoms. The molecule has 146 valence electrons. The quantitative estimate of drug-likeness (QED) is 0.503. The summed E-state index contributed by atoms with van der Waals surface area (Å²) < 4.78 is 44.5. The van der Waals surface area contributed by atoms with Crippen molar-refractivity contribution in [3.05, 3.63) is 58.1 Å². The Morgan fingerprint density at radius 1 is 1.11 bits per heavy atom. The molecule has 1 amide bonds. The molecular weight excluding hydrogens is 422 g/mol. The van der Waals surface area contributed by atoms with Gasteiger partial charge in [-0.3, -0.25) is 4.79 Å². The van der Waals surface area contributed by atoms with E-state index in [1.54, 1.807) is 24.3 Å². The van der Waals surface area contributed by atoms with Crippen molar-refractivity contribution in [1.29, 1.82) is 0 Å². The van der Waals surface area contributed by atoms with E-state index in [4.69, 9.17) is 27.9 Å². The van der Waals surface area contributed by atoms with Gasteiger partial charge in [0.1, 0.15) is 5.75 Å². The molecule has 27 heavy (non-hydrogen) atoms. The molecule has 0 unspecified atom stereocenters. The van der Waals surface area contributed by atoms with Gasteiger partial charge < -0.3 is 10.1 Å². The van der Waals surface area contributed by atoms with E-state index < -0.39 is 23.3 Å². The SMILES string of the molecule is O=C(CSCCCOc1ccc(Cl)cc1)Nc1c(Cl)cccc1C(F)(F)F. The van der Waals surface area contributed by atoms with Gasteiger partial charge in [-0.25, -0.2) is 0 Å². The average molecular weight is 438 g/mol. The number of nitrogens with one attached hydrogen (secondary N) is 1. The number of para-hydroxylation sites is 1. The van der Waals surface area contributed by atoms with Crippen molar-refractivity contribution in [2.24, 2.45) is 0 Å². The maximum atomic E-state index is 13.0. The Bertz CT molecular complexity index is 770. The van der Waals surface area contributed by atoms with Crippen LogP contribution >= 0.6 is 35.0 Å². The Balaban J connectivity index is 1.73. The molecule has 0 aliphatic carbocycles. The molecule has 0 saturated heterocycles. The maximum Gasteiger partial charge on any atom is 0.418 e. The first kappa shape index (κ1) is 21.7. The summed E-state index contributed by atoms with van der Waals surface area (Å²) in [5, 5.41) is 2.72. The summed E-state index contributed by atoms with van der Waals surface area (Å²) in [5.41, 5.74) is -1.38. The lowest BCUT2D eigenvalue weighted by molar-refractivity contribution is -0.137. The summed E-state index contributed by atoms with van der Waals surface area (Å²) in [6.07, 6.45) is -3.92. The number of hydrogen-bond acceptors (Lipinski definition) is 3. The minimum absolute atomic E-state index is 0.0173. The molecule has 1 N–H and O–H groups in total. The van der Waals surface area contributed by atoms with Crippen LogP contribution in [-0.2, 0) is 11.0 Å². The Labute approximate surface area is 169 Å². The van der Waals surface area contributed by atoms with Crippen molar-refractivity contribution in [2.75, 3.05) is 23.4 Å². The van der Waals surface area contributed by atoms with E-state index in [-0.39, 0.29) is 10.8 Å². The predicted octanol–water partition coefficient (Wildman–Crippen LogP) is 6.15. The van der Waals surface area contributed by atoms with Gasteiger partial charge in [0.15, 0.2) is 0 Å². The lowest BCUT2D eigenvalue weighted by Crippen LogP contribution is -2.18. The minimum atomic E-state index is -4.60. The molecule has 0 saturated carbocycles. The second-order valence-electron chi connectivity index (χ2n) is 5.42. The lowest BCUT2D eigenvalue weighted by Gasteiger charge is -2.15. The van der Waals surface area contributed by atoms with E-state index in [2.05, 4.69) is 5.32 Å². The first-order valence-electron chi connectivity index (χ1n) is 7.89. The van der Waals surface area contributed by atoms with Crippen molar-refractivity contribution in [3.8, 4) is 5.75 Å². The highest BCUT2D eigenvalue weighted by Crippen LogP contribution is 2.38. The number of thioether (sulfide) groups is 1. The molecule has 2 aromatic carbocycles. The number of hydrogen-bond donors (Lipinski definition) is 1. The Hall–Kier alpha value is -1.57. The van der Waals surface area contributed by atoms with Crippen LogP contribution in [0.5, 0.6) is 5.75 Å². The summed E-state index contributed by atoms with van der Waals surface area (Å²) in [6.45, 7) is 0.457. The number of alkyl halides is 3. The van der Waals surface area contributed by atoms with Gasteiger partial charge in [-0.1, -0.05) is 29.3 Å². The minimum Gasteiger partial charge on any atom is -0.494 e. The molecule has 9 heteroatoms. The molecule has 0 spiro atoms. The highest BCUT2D eigenvalue weighted by atomic mass is 35.5. The van der Waals surface area contributed by atoms with E-state index in [0.717, 1.165) is 6.07 Å². The predicted molar refractivity (Wildman–Crippen MR) is 104 cm³/mol. The van der Waals surface area contributed by atoms with E-state index in [0.29, 0.717) is 29.6 Å². The van der Waals surface area contributed by atoms with Crippen molar-refractivity contribution >= 4 is 46.6 Å². The van der Waals surface area contributed by atoms with Crippen LogP contribution in [0.2, 0.25) is 10.0 Å². The fraction of sp³-hybridized carbons (Fsp3) is 0.278. The lowest BCUT2D eigenvalue weighted by atomic mass is 10.1. The summed E-state index contributed by atoms with van der Waals surface area (Å²) in [7, 11) is 0. The first-order valence-corrected chi connectivity index (χ1v) is 9.80. The smallest absolute Gasteiger partial charge is 0.418 e. The van der Waals surface area contributed by atoms with Gasteiger partial charge in [-0.2, -0.15) is 24.9 Å². The third-order valence-corrected chi connectivity index (χ3v) is 4.94. The molecule has 0 aliphatic heterocycles. The number of benzene rings is 2. The average Bonchev–Trinajstić information content (AvgIpc) is 2.60. The van der Waals surface area contributed by atoms with Crippen LogP contribution in [0.1, 0.15) is 12.0 Å². The molecule has 2 aromatic rings. The molecular formula is C18H16Cl2F3NO2S. The van der Waals surface area contributed by atoms with Crippen LogP contribution < -0.4 is 10.1 Å². The molecule has 0 heterocycles. The zero-order valence-electron chi connectivity index (χ0n) is 14.0. The zero-order valence-corrected chi connectivity index (χ0v) is 16.3. The van der Waals surface area contributed by atoms with Crippen molar-refractivity contribution in [3.63, 3.8) is 0 Å². The second kappa shape index (κ2) is 10.1. The molecule has 2 rings (SSSR count). The van der Waals surface area contributed by atoms with Gasteiger partial charge >= 0.3 is 6.18 Å². The third kappa shape index (κ3) is 7.16. The van der Waals surface area contributed by atoms with E-state index in [1.165, 1.54) is 23.9 Å². The van der Waals surface area contributed by atoms with Crippen molar-refractivity contribution in [2.45, 2.75) is 12.6 Å². The fourth-order valence-electron chi connectivity index (χ4n) is 2.11. The number of carbonyl (C=O) groups is 1. The Morgan fingerprint density at radius 3 is 2.48 bits per heavy atom. The normalized spacial score (nSPS) is 11.3. The van der Waals surface area contributed by atoms with Gasteiger partial charge in [0.25, 0.3) is 0 Å². The fourth-order valence-corrected chi connectivity index (χ4v) is 3.18. The van der Waals surface area contributed by atoms with Crippen LogP contribution in [0.4, 0.5) is 18.9 Å². The highest BCUT2D eigenvalue weighted by molar-refractivity contribution is 7.99. The zero-order chi connectivity index (χ0) is 19.9. The van der Waals surface area contributed by atoms with Crippen LogP contribution in [-0.4, -0.2) is 24.0 Å². The molecule has 0 radical (unpaired) electrons. The highest BCUT2D eigenvalue weighted by Gasteiger charge is 2.34. The van der Waals surface area contributed by atoms with Crippen molar-refractivity contribution in [1.82, 2.24) is 0 Å². The number of rotatable bonds is 8. The molecule has 0 fully saturated rings. The van der Waals surface area contributed by atoms with Gasteiger partial charge in [0, 0.05) is 5.02 Å². The van der Waals surface area contributed by atoms with Gasteiger partial charge in [0.05, 0.1) is 28.6 Å². The number of ether oxygens (including phenoxy) is 1. The maximum absolute atomic E-state index is 13.0. The number of anilines is 1. The third-order valence-electron chi connectivity index (χ3n) is 3.33. The van der Waals surface area contributed by atoms with Crippen LogP contribution in [0.25, 0.3) is 0 Å². The van der Waals surface area contributed by atoms with Crippen LogP contribution in [0.3, 0.4) is 0 Å². The number of halogens is 5. The summed E-state index contributed by atoms with van der Waals surface area (Å²) in [4.78, 5) is 11.9. The molecule has 0 atom stereocenters. The standard InChI is InChI=1S/C18H16Cl2F3NO2S/c19-12-5-7-13(8-6-12)26-9-2-10-27-11-16(25)24-17-14(18(21,22)23)3-1-4-15(17)20/h1,3-8H,2,9-11H2,(H,24,25).